The number of hydrogen-bond acceptors (Lipinski definition) is 5. The van der Waals surface area contributed by atoms with Gasteiger partial charge in [0.2, 0.25) is 0 Å². The fourth-order valence-corrected chi connectivity index (χ4v) is 2.14. The highest BCUT2D eigenvalue weighted by Gasteiger charge is 2.10. The highest BCUT2D eigenvalue weighted by atomic mass is 32.1. The zero-order valence-corrected chi connectivity index (χ0v) is 11.2. The second-order valence-corrected chi connectivity index (χ2v) is 4.69. The molecule has 0 bridgehead atoms. The zero-order valence-electron chi connectivity index (χ0n) is 10.4. The first-order valence-electron chi connectivity index (χ1n) is 5.41. The van der Waals surface area contributed by atoms with Gasteiger partial charge in [-0.15, -0.1) is 11.3 Å². The van der Waals surface area contributed by atoms with Crippen molar-refractivity contribution in [2.75, 3.05) is 5.32 Å². The molecule has 1 aromatic rings. The number of carbonyl (C=O) groups is 3. The van der Waals surface area contributed by atoms with Crippen LogP contribution in [-0.4, -0.2) is 28.0 Å². The molecule has 0 aliphatic heterocycles. The van der Waals surface area contributed by atoms with Crippen molar-refractivity contribution in [2.45, 2.75) is 20.3 Å². The van der Waals surface area contributed by atoms with Crippen LogP contribution in [-0.2, 0) is 16.0 Å². The van der Waals surface area contributed by atoms with E-state index < -0.39 is 17.9 Å². The molecule has 0 saturated heterocycles. The Balaban J connectivity index is 2.55. The minimum atomic E-state index is -1.27. The summed E-state index contributed by atoms with van der Waals surface area (Å²) in [7, 11) is 0. The monoisotopic (exact) mass is 283 g/mol. The third-order valence-corrected chi connectivity index (χ3v) is 2.99. The number of rotatable bonds is 4. The highest BCUT2D eigenvalue weighted by molar-refractivity contribution is 7.15. The molecular formula is C11H13N3O4S. The third kappa shape index (κ3) is 4.88. The summed E-state index contributed by atoms with van der Waals surface area (Å²) in [5, 5.41) is 13.1. The van der Waals surface area contributed by atoms with Gasteiger partial charge < -0.3 is 5.11 Å². The van der Waals surface area contributed by atoms with E-state index in [2.05, 4.69) is 10.3 Å². The summed E-state index contributed by atoms with van der Waals surface area (Å²) < 4.78 is 0. The Morgan fingerprint density at radius 1 is 1.37 bits per heavy atom. The van der Waals surface area contributed by atoms with Gasteiger partial charge in [-0.2, -0.15) is 0 Å². The summed E-state index contributed by atoms with van der Waals surface area (Å²) in [4.78, 5) is 37.9. The fraction of sp³-hybridized carbons (Fsp3) is 0.273. The van der Waals surface area contributed by atoms with Crippen LogP contribution in [0.1, 0.15) is 17.5 Å². The largest absolute Gasteiger partial charge is 0.478 e. The molecular weight excluding hydrogens is 270 g/mol. The first-order valence-corrected chi connectivity index (χ1v) is 6.23. The first-order chi connectivity index (χ1) is 8.92. The van der Waals surface area contributed by atoms with Gasteiger partial charge in [-0.3, -0.25) is 15.4 Å². The average molecular weight is 283 g/mol. The Kier molecular flexibility index (Phi) is 5.19. The third-order valence-electron chi connectivity index (χ3n) is 2.06. The molecule has 0 spiro atoms. The smallest absolute Gasteiger partial charge is 0.328 e. The van der Waals surface area contributed by atoms with Gasteiger partial charge in [-0.05, 0) is 13.3 Å². The quantitative estimate of drug-likeness (QED) is 0.722. The minimum absolute atomic E-state index is 0.391. The molecule has 1 rings (SSSR count). The van der Waals surface area contributed by atoms with E-state index in [4.69, 9.17) is 5.11 Å². The number of aryl methyl sites for hydroxylation is 2. The SMILES string of the molecule is CCc1nc(NC(=O)NC(=O)C=CC(=O)O)sc1C. The van der Waals surface area contributed by atoms with E-state index in [-0.39, 0.29) is 0 Å². The molecule has 0 radical (unpaired) electrons. The van der Waals surface area contributed by atoms with E-state index in [1.807, 2.05) is 19.2 Å². The van der Waals surface area contributed by atoms with Gasteiger partial charge >= 0.3 is 12.0 Å². The van der Waals surface area contributed by atoms with Gasteiger partial charge in [0.05, 0.1) is 5.69 Å². The van der Waals surface area contributed by atoms with Crippen LogP contribution in [0.25, 0.3) is 0 Å². The van der Waals surface area contributed by atoms with Crippen LogP contribution in [0.3, 0.4) is 0 Å². The number of carboxylic acid groups (broad SMARTS) is 1. The number of aromatic nitrogens is 1. The number of anilines is 1. The number of amides is 3. The van der Waals surface area contributed by atoms with Gasteiger partial charge in [0, 0.05) is 17.0 Å². The number of carbonyl (C=O) groups excluding carboxylic acids is 2. The maximum absolute atomic E-state index is 11.4. The molecule has 7 nitrogen and oxygen atoms in total. The van der Waals surface area contributed by atoms with E-state index >= 15 is 0 Å². The summed E-state index contributed by atoms with van der Waals surface area (Å²) in [6.45, 7) is 3.84. The molecule has 3 amide bonds. The fourth-order valence-electron chi connectivity index (χ4n) is 1.24. The van der Waals surface area contributed by atoms with Crippen LogP contribution in [0, 0.1) is 6.92 Å². The van der Waals surface area contributed by atoms with Gasteiger partial charge in [0.1, 0.15) is 0 Å². The Morgan fingerprint density at radius 3 is 2.58 bits per heavy atom. The van der Waals surface area contributed by atoms with Crippen LogP contribution in [0.15, 0.2) is 12.2 Å². The van der Waals surface area contributed by atoms with Crippen molar-refractivity contribution in [1.29, 1.82) is 0 Å². The number of imide groups is 1. The van der Waals surface area contributed by atoms with Gasteiger partial charge in [-0.25, -0.2) is 14.6 Å². The molecule has 0 aliphatic rings. The lowest BCUT2D eigenvalue weighted by Crippen LogP contribution is -2.33. The number of carboxylic acids is 1. The number of nitrogens with one attached hydrogen (secondary N) is 2. The number of nitrogens with zero attached hydrogens (tertiary/aromatic N) is 1. The summed E-state index contributed by atoms with van der Waals surface area (Å²) in [5.41, 5.74) is 0.886. The van der Waals surface area contributed by atoms with E-state index in [1.54, 1.807) is 0 Å². The van der Waals surface area contributed by atoms with Gasteiger partial charge in [-0.1, -0.05) is 6.92 Å². The van der Waals surface area contributed by atoms with Crippen molar-refractivity contribution < 1.29 is 19.5 Å². The van der Waals surface area contributed by atoms with Gasteiger partial charge in [0.15, 0.2) is 5.13 Å². The number of hydrogen-bond donors (Lipinski definition) is 3. The van der Waals surface area contributed by atoms with E-state index in [0.29, 0.717) is 11.2 Å². The molecule has 1 aromatic heterocycles. The number of aliphatic carboxylic acids is 1. The average Bonchev–Trinajstić information content (AvgIpc) is 2.66. The summed E-state index contributed by atoms with van der Waals surface area (Å²) in [6.07, 6.45) is 2.16. The van der Waals surface area contributed by atoms with E-state index in [1.165, 1.54) is 11.3 Å². The Morgan fingerprint density at radius 2 is 2.05 bits per heavy atom. The van der Waals surface area contributed by atoms with Crippen molar-refractivity contribution in [2.24, 2.45) is 0 Å². The standard InChI is InChI=1S/C11H13N3O4S/c1-3-7-6(2)19-11(12-7)14-10(18)13-8(15)4-5-9(16)17/h4-5H,3H2,1-2H3,(H,16,17)(H2,12,13,14,15,18). The van der Waals surface area contributed by atoms with Crippen LogP contribution in [0.4, 0.5) is 9.93 Å². The Labute approximate surface area is 113 Å². The Hall–Kier alpha value is -2.22. The number of urea groups is 1. The van der Waals surface area contributed by atoms with Gasteiger partial charge in [0.25, 0.3) is 5.91 Å². The molecule has 3 N–H and O–H groups in total. The minimum Gasteiger partial charge on any atom is -0.478 e. The topological polar surface area (TPSA) is 108 Å². The van der Waals surface area contributed by atoms with E-state index in [9.17, 15) is 14.4 Å². The van der Waals surface area contributed by atoms with E-state index in [0.717, 1.165) is 23.1 Å². The second-order valence-electron chi connectivity index (χ2n) is 3.49. The molecule has 0 fully saturated rings. The highest BCUT2D eigenvalue weighted by Crippen LogP contribution is 2.21. The second kappa shape index (κ2) is 6.64. The van der Waals surface area contributed by atoms with Crippen LogP contribution < -0.4 is 10.6 Å². The van der Waals surface area contributed by atoms with Crippen molar-refractivity contribution in [3.8, 4) is 0 Å². The molecule has 8 heteroatoms. The summed E-state index contributed by atoms with van der Waals surface area (Å²) >= 11 is 1.31. The van der Waals surface area contributed by atoms with Crippen molar-refractivity contribution in [3.05, 3.63) is 22.7 Å². The van der Waals surface area contributed by atoms with Crippen molar-refractivity contribution in [1.82, 2.24) is 10.3 Å². The number of thiazole rings is 1. The van der Waals surface area contributed by atoms with Crippen LogP contribution in [0.2, 0.25) is 0 Å². The van der Waals surface area contributed by atoms with Crippen molar-refractivity contribution in [3.63, 3.8) is 0 Å². The lowest BCUT2D eigenvalue weighted by atomic mass is 10.3. The lowest BCUT2D eigenvalue weighted by molar-refractivity contribution is -0.131. The predicted octanol–water partition coefficient (Wildman–Crippen LogP) is 1.30. The Bertz CT molecular complexity index is 536. The summed E-state index contributed by atoms with van der Waals surface area (Å²) in [6, 6.07) is -0.753. The zero-order chi connectivity index (χ0) is 14.4. The summed E-state index contributed by atoms with van der Waals surface area (Å²) in [5.74, 6) is -2.08. The maximum atomic E-state index is 11.4. The maximum Gasteiger partial charge on any atom is 0.328 e. The lowest BCUT2D eigenvalue weighted by Gasteiger charge is -2.00. The molecule has 0 aromatic carbocycles. The van der Waals surface area contributed by atoms with Crippen molar-refractivity contribution >= 4 is 34.4 Å². The molecule has 19 heavy (non-hydrogen) atoms. The molecule has 0 aliphatic carbocycles. The van der Waals surface area contributed by atoms with Crippen LogP contribution >= 0.6 is 11.3 Å². The molecule has 102 valence electrons. The first kappa shape index (κ1) is 14.8. The molecule has 1 heterocycles. The van der Waals surface area contributed by atoms with Crippen LogP contribution in [0.5, 0.6) is 0 Å². The predicted molar refractivity (Wildman–Crippen MR) is 70.2 cm³/mol. The molecule has 0 atom stereocenters. The molecule has 0 saturated carbocycles. The normalized spacial score (nSPS) is 10.4. The molecule has 0 unspecified atom stereocenters.